The Kier molecular flexibility index (Phi) is 2.22. The van der Waals surface area contributed by atoms with Gasteiger partial charge in [-0.15, -0.1) is 0 Å². The second kappa shape index (κ2) is 2.71. The number of alkyl halides is 3. The van der Waals surface area contributed by atoms with Crippen LogP contribution in [0, 0.1) is 5.41 Å². The zero-order valence-corrected chi connectivity index (χ0v) is 11.0. The molecule has 0 aromatic carbocycles. The minimum atomic E-state index is 0.519. The Bertz CT molecular complexity index is 170. The average Bonchev–Trinajstić information content (AvgIpc) is 1.85. The van der Waals surface area contributed by atoms with E-state index >= 15 is 0 Å². The SMILES string of the molecule is BrC(Br)C12CCCC(Br)(C1)C2. The summed E-state index contributed by atoms with van der Waals surface area (Å²) in [7, 11) is 0. The highest BCUT2D eigenvalue weighted by atomic mass is 79.9. The van der Waals surface area contributed by atoms with Gasteiger partial charge in [0.2, 0.25) is 0 Å². The van der Waals surface area contributed by atoms with E-state index in [2.05, 4.69) is 47.8 Å². The molecule has 0 saturated heterocycles. The number of fused-ring (bicyclic) bond motifs is 2. The van der Waals surface area contributed by atoms with Crippen LogP contribution in [0.15, 0.2) is 0 Å². The number of hydrogen-bond donors (Lipinski definition) is 0. The van der Waals surface area contributed by atoms with Gasteiger partial charge in [-0.3, -0.25) is 0 Å². The van der Waals surface area contributed by atoms with Crippen molar-refractivity contribution in [1.29, 1.82) is 0 Å². The molecule has 0 aromatic rings. The molecule has 3 saturated carbocycles. The van der Waals surface area contributed by atoms with Crippen LogP contribution in [0.5, 0.6) is 0 Å². The van der Waals surface area contributed by atoms with Crippen molar-refractivity contribution in [1.82, 2.24) is 0 Å². The van der Waals surface area contributed by atoms with Crippen molar-refractivity contribution in [3.05, 3.63) is 0 Å². The third-order valence-electron chi connectivity index (χ3n) is 3.10. The largest absolute Gasteiger partial charge is 0.0853 e. The smallest absolute Gasteiger partial charge is 0.0754 e. The Hall–Kier alpha value is 1.44. The molecule has 64 valence electrons. The highest BCUT2D eigenvalue weighted by molar-refractivity contribution is 9.24. The summed E-state index contributed by atoms with van der Waals surface area (Å²) < 4.78 is 1.04. The number of halogens is 3. The molecule has 0 heterocycles. The molecule has 11 heavy (non-hydrogen) atoms. The maximum atomic E-state index is 3.82. The Balaban J connectivity index is 2.10. The monoisotopic (exact) mass is 344 g/mol. The average molecular weight is 347 g/mol. The van der Waals surface area contributed by atoms with Crippen LogP contribution in [0.25, 0.3) is 0 Å². The summed E-state index contributed by atoms with van der Waals surface area (Å²) in [5.41, 5.74) is 0.571. The van der Waals surface area contributed by atoms with Crippen molar-refractivity contribution >= 4 is 47.8 Å². The van der Waals surface area contributed by atoms with Gasteiger partial charge in [0.1, 0.15) is 0 Å². The lowest BCUT2D eigenvalue weighted by molar-refractivity contribution is 0.0446. The van der Waals surface area contributed by atoms with E-state index in [9.17, 15) is 0 Å². The lowest BCUT2D eigenvalue weighted by Gasteiger charge is -2.59. The standard InChI is InChI=1S/C8H11Br3/c9-6(10)7-2-1-3-8(11,4-7)5-7/h6H,1-5H2. The van der Waals surface area contributed by atoms with Crippen LogP contribution in [0.1, 0.15) is 32.1 Å². The summed E-state index contributed by atoms with van der Waals surface area (Å²) in [6.07, 6.45) is 6.85. The van der Waals surface area contributed by atoms with Crippen molar-refractivity contribution in [2.24, 2.45) is 5.41 Å². The van der Waals surface area contributed by atoms with Crippen molar-refractivity contribution in [2.75, 3.05) is 0 Å². The van der Waals surface area contributed by atoms with Crippen LogP contribution >= 0.6 is 47.8 Å². The van der Waals surface area contributed by atoms with Gasteiger partial charge >= 0.3 is 0 Å². The van der Waals surface area contributed by atoms with Gasteiger partial charge in [-0.25, -0.2) is 0 Å². The topological polar surface area (TPSA) is 0 Å². The molecule has 3 aliphatic carbocycles. The maximum Gasteiger partial charge on any atom is 0.0754 e. The molecule has 0 unspecified atom stereocenters. The van der Waals surface area contributed by atoms with E-state index in [1.807, 2.05) is 0 Å². The quantitative estimate of drug-likeness (QED) is 0.624. The number of rotatable bonds is 1. The molecule has 3 heteroatoms. The van der Waals surface area contributed by atoms with E-state index in [1.165, 1.54) is 32.1 Å². The van der Waals surface area contributed by atoms with Gasteiger partial charge in [0, 0.05) is 4.32 Å². The lowest BCUT2D eigenvalue weighted by Crippen LogP contribution is -2.54. The fourth-order valence-corrected chi connectivity index (χ4v) is 5.09. The van der Waals surface area contributed by atoms with Gasteiger partial charge in [0.05, 0.1) is 3.74 Å². The van der Waals surface area contributed by atoms with E-state index in [-0.39, 0.29) is 0 Å². The van der Waals surface area contributed by atoms with Crippen molar-refractivity contribution < 1.29 is 0 Å². The summed E-state index contributed by atoms with van der Waals surface area (Å²) >= 11 is 11.1. The zero-order chi connectivity index (χ0) is 8.11. The fraction of sp³-hybridized carbons (Fsp3) is 1.00. The first-order valence-corrected chi connectivity index (χ1v) is 6.66. The molecule has 0 radical (unpaired) electrons. The molecular weight excluding hydrogens is 336 g/mol. The summed E-state index contributed by atoms with van der Waals surface area (Å²) in [6.45, 7) is 0. The van der Waals surface area contributed by atoms with Crippen LogP contribution in [0.2, 0.25) is 0 Å². The minimum Gasteiger partial charge on any atom is -0.0853 e. The van der Waals surface area contributed by atoms with E-state index < -0.39 is 0 Å². The Labute approximate surface area is 92.9 Å². The van der Waals surface area contributed by atoms with Crippen LogP contribution in [-0.2, 0) is 0 Å². The van der Waals surface area contributed by atoms with E-state index in [1.54, 1.807) is 0 Å². The predicted molar refractivity (Wildman–Crippen MR) is 58.8 cm³/mol. The molecule has 0 aliphatic heterocycles. The molecule has 0 nitrogen and oxygen atoms in total. The normalized spacial score (nSPS) is 49.1. The fourth-order valence-electron chi connectivity index (χ4n) is 2.58. The summed E-state index contributed by atoms with van der Waals surface area (Å²) in [6, 6.07) is 0. The molecular formula is C8H11Br3. The van der Waals surface area contributed by atoms with Crippen molar-refractivity contribution in [2.45, 2.75) is 40.2 Å². The molecule has 0 N–H and O–H groups in total. The molecule has 0 atom stereocenters. The third-order valence-corrected chi connectivity index (χ3v) is 6.00. The highest BCUT2D eigenvalue weighted by Crippen LogP contribution is 2.66. The van der Waals surface area contributed by atoms with Crippen molar-refractivity contribution in [3.8, 4) is 0 Å². The summed E-state index contributed by atoms with van der Waals surface area (Å²) in [4.78, 5) is 0. The van der Waals surface area contributed by atoms with E-state index in [0.717, 1.165) is 0 Å². The van der Waals surface area contributed by atoms with Gasteiger partial charge in [-0.05, 0) is 31.1 Å². The first-order chi connectivity index (χ1) is 5.06. The zero-order valence-electron chi connectivity index (χ0n) is 6.25. The van der Waals surface area contributed by atoms with Gasteiger partial charge in [-0.1, -0.05) is 54.2 Å². The van der Waals surface area contributed by atoms with Gasteiger partial charge in [-0.2, -0.15) is 0 Å². The molecule has 0 aromatic heterocycles. The van der Waals surface area contributed by atoms with Crippen LogP contribution in [0.3, 0.4) is 0 Å². The Morgan fingerprint density at radius 2 is 1.73 bits per heavy atom. The van der Waals surface area contributed by atoms with Gasteiger partial charge in [0.15, 0.2) is 0 Å². The van der Waals surface area contributed by atoms with Crippen LogP contribution in [0.4, 0.5) is 0 Å². The Morgan fingerprint density at radius 3 is 2.09 bits per heavy atom. The van der Waals surface area contributed by atoms with E-state index in [4.69, 9.17) is 0 Å². The minimum absolute atomic E-state index is 0.519. The van der Waals surface area contributed by atoms with Gasteiger partial charge in [0.25, 0.3) is 0 Å². The summed E-state index contributed by atoms with van der Waals surface area (Å²) in [5, 5.41) is 0. The molecule has 3 fully saturated rings. The van der Waals surface area contributed by atoms with Crippen LogP contribution in [-0.4, -0.2) is 8.06 Å². The van der Waals surface area contributed by atoms with Crippen molar-refractivity contribution in [3.63, 3.8) is 0 Å². The maximum absolute atomic E-state index is 3.82. The molecule has 0 amide bonds. The highest BCUT2D eigenvalue weighted by Gasteiger charge is 2.58. The molecule has 0 spiro atoms. The van der Waals surface area contributed by atoms with E-state index in [0.29, 0.717) is 13.5 Å². The predicted octanol–water partition coefficient (Wildman–Crippen LogP) is 4.20. The first kappa shape index (κ1) is 9.01. The second-order valence-corrected chi connectivity index (χ2v) is 8.76. The molecule has 2 bridgehead atoms. The lowest BCUT2D eigenvalue weighted by atomic mass is 9.55. The summed E-state index contributed by atoms with van der Waals surface area (Å²) in [5.74, 6) is 0. The molecule has 3 rings (SSSR count). The molecule has 3 aliphatic rings. The number of hydrogen-bond acceptors (Lipinski definition) is 0. The van der Waals surface area contributed by atoms with Gasteiger partial charge < -0.3 is 0 Å². The Morgan fingerprint density at radius 1 is 1.09 bits per heavy atom. The second-order valence-electron chi connectivity index (χ2n) is 4.02. The third kappa shape index (κ3) is 1.35. The van der Waals surface area contributed by atoms with Crippen LogP contribution < -0.4 is 0 Å². The first-order valence-electron chi connectivity index (χ1n) is 4.04.